The molecule has 88 valence electrons. The van der Waals surface area contributed by atoms with Gasteiger partial charge in [-0.2, -0.15) is 4.68 Å². The molecule has 0 spiro atoms. The minimum Gasteiger partial charge on any atom is -0.358 e. The fourth-order valence-corrected chi connectivity index (χ4v) is 1.67. The molecule has 3 N–H and O–H groups in total. The molecule has 8 nitrogen and oxygen atoms in total. The average Bonchev–Trinajstić information content (AvgIpc) is 2.61. The zero-order valence-corrected chi connectivity index (χ0v) is 9.97. The number of hydrogen-bond donors (Lipinski definition) is 2. The maximum atomic E-state index is 11.4. The smallest absolute Gasteiger partial charge is 0.358 e. The van der Waals surface area contributed by atoms with Crippen molar-refractivity contribution in [3.63, 3.8) is 0 Å². The Labute approximate surface area is 99.0 Å². The molecule has 1 rings (SSSR count). The van der Waals surface area contributed by atoms with Crippen molar-refractivity contribution in [2.75, 3.05) is 0 Å². The molecule has 1 amide bonds. The van der Waals surface area contributed by atoms with Crippen LogP contribution in [0.3, 0.4) is 0 Å². The van der Waals surface area contributed by atoms with E-state index in [4.69, 9.17) is 5.84 Å². The molecule has 16 heavy (non-hydrogen) atoms. The van der Waals surface area contributed by atoms with Gasteiger partial charge in [-0.3, -0.25) is 10.2 Å². The summed E-state index contributed by atoms with van der Waals surface area (Å²) in [5.41, 5.74) is 1.99. The molecule has 0 aliphatic rings. The number of nitro groups is 1. The second-order valence-corrected chi connectivity index (χ2v) is 3.82. The highest BCUT2D eigenvalue weighted by molar-refractivity contribution is 9.10. The van der Waals surface area contributed by atoms with E-state index in [1.807, 2.05) is 5.43 Å². The van der Waals surface area contributed by atoms with Crippen molar-refractivity contribution in [2.24, 2.45) is 5.84 Å². The third-order valence-corrected chi connectivity index (χ3v) is 2.55. The number of amides is 1. The normalized spacial score (nSPS) is 12.2. The Balaban J connectivity index is 3.07. The van der Waals surface area contributed by atoms with Crippen LogP contribution in [0.1, 0.15) is 19.4 Å². The van der Waals surface area contributed by atoms with Gasteiger partial charge in [0.05, 0.1) is 11.3 Å². The molecule has 1 atom stereocenters. The Morgan fingerprint density at radius 2 is 2.50 bits per heavy atom. The number of nitrogens with one attached hydrogen (secondary N) is 1. The molecule has 1 aromatic heterocycles. The monoisotopic (exact) mass is 291 g/mol. The molecule has 0 aliphatic carbocycles. The van der Waals surface area contributed by atoms with Crippen molar-refractivity contribution >= 4 is 27.7 Å². The molecule has 1 unspecified atom stereocenters. The predicted molar refractivity (Wildman–Crippen MR) is 58.2 cm³/mol. The van der Waals surface area contributed by atoms with Crippen molar-refractivity contribution in [2.45, 2.75) is 19.4 Å². The van der Waals surface area contributed by atoms with Gasteiger partial charge in [0.1, 0.15) is 4.47 Å². The molecule has 0 radical (unpaired) electrons. The van der Waals surface area contributed by atoms with Gasteiger partial charge in [-0.15, -0.1) is 0 Å². The fourth-order valence-electron chi connectivity index (χ4n) is 1.23. The number of nitrogens with zero attached hydrogens (tertiary/aromatic N) is 3. The van der Waals surface area contributed by atoms with Gasteiger partial charge in [-0.05, 0) is 27.3 Å². The van der Waals surface area contributed by atoms with E-state index in [-0.39, 0.29) is 10.3 Å². The van der Waals surface area contributed by atoms with Crippen LogP contribution in [0.5, 0.6) is 0 Å². The number of nitrogens with two attached hydrogens (primary N) is 1. The summed E-state index contributed by atoms with van der Waals surface area (Å²) in [4.78, 5) is 21.3. The Bertz CT molecular complexity index is 418. The highest BCUT2D eigenvalue weighted by Crippen LogP contribution is 2.24. The first kappa shape index (κ1) is 12.6. The van der Waals surface area contributed by atoms with E-state index in [9.17, 15) is 14.9 Å². The minimum absolute atomic E-state index is 0.223. The molecule has 0 saturated carbocycles. The van der Waals surface area contributed by atoms with E-state index in [0.29, 0.717) is 6.42 Å². The number of hydrogen-bond acceptors (Lipinski definition) is 5. The lowest BCUT2D eigenvalue weighted by Crippen LogP contribution is -2.37. The Hall–Kier alpha value is -1.48. The maximum Gasteiger partial charge on any atom is 0.404 e. The summed E-state index contributed by atoms with van der Waals surface area (Å²) in [7, 11) is 0. The van der Waals surface area contributed by atoms with E-state index < -0.39 is 16.9 Å². The number of hydrazine groups is 1. The van der Waals surface area contributed by atoms with Crippen LogP contribution >= 0.6 is 15.9 Å². The van der Waals surface area contributed by atoms with Crippen LogP contribution < -0.4 is 11.3 Å². The Kier molecular flexibility index (Phi) is 3.96. The summed E-state index contributed by atoms with van der Waals surface area (Å²) in [6.07, 6.45) is 1.80. The standard InChI is InChI=1S/C7H10BrN5O3/c1-2-5(7(14)10-9)12-3-4(8)6(11-12)13(15)16/h3,5H,2,9H2,1H3,(H,10,14). The first-order valence-electron chi connectivity index (χ1n) is 4.40. The second-order valence-electron chi connectivity index (χ2n) is 2.97. The van der Waals surface area contributed by atoms with Gasteiger partial charge in [0.15, 0.2) is 6.04 Å². The van der Waals surface area contributed by atoms with Gasteiger partial charge in [0, 0.05) is 0 Å². The van der Waals surface area contributed by atoms with Crippen LogP contribution in [0.2, 0.25) is 0 Å². The quantitative estimate of drug-likeness (QED) is 0.362. The molecule has 0 aliphatic heterocycles. The van der Waals surface area contributed by atoms with Crippen molar-refractivity contribution in [1.82, 2.24) is 15.2 Å². The van der Waals surface area contributed by atoms with E-state index in [2.05, 4.69) is 21.0 Å². The molecule has 0 aromatic carbocycles. The number of halogens is 1. The van der Waals surface area contributed by atoms with Crippen LogP contribution in [0.15, 0.2) is 10.7 Å². The van der Waals surface area contributed by atoms with Gasteiger partial charge < -0.3 is 10.1 Å². The first-order valence-corrected chi connectivity index (χ1v) is 5.20. The third-order valence-electron chi connectivity index (χ3n) is 1.99. The SMILES string of the molecule is CCC(C(=O)NN)n1cc(Br)c([N+](=O)[O-])n1. The molecule has 1 aromatic rings. The Morgan fingerprint density at radius 3 is 2.88 bits per heavy atom. The van der Waals surface area contributed by atoms with Crippen LogP contribution in [0.25, 0.3) is 0 Å². The lowest BCUT2D eigenvalue weighted by atomic mass is 10.2. The van der Waals surface area contributed by atoms with Gasteiger partial charge in [-0.25, -0.2) is 5.84 Å². The molecule has 1 heterocycles. The zero-order chi connectivity index (χ0) is 12.3. The fraction of sp³-hybridized carbons (Fsp3) is 0.429. The second kappa shape index (κ2) is 5.03. The minimum atomic E-state index is -0.657. The number of rotatable bonds is 4. The molecule has 9 heteroatoms. The summed E-state index contributed by atoms with van der Waals surface area (Å²) in [6.45, 7) is 1.75. The molecule has 0 fully saturated rings. The van der Waals surface area contributed by atoms with Gasteiger partial charge in [0.2, 0.25) is 0 Å². The van der Waals surface area contributed by atoms with Crippen molar-refractivity contribution in [3.05, 3.63) is 20.8 Å². The van der Waals surface area contributed by atoms with Crippen LogP contribution in [0, 0.1) is 10.1 Å². The summed E-state index contributed by atoms with van der Waals surface area (Å²) < 4.78 is 1.44. The van der Waals surface area contributed by atoms with Crippen LogP contribution in [-0.2, 0) is 4.79 Å². The number of carbonyl (C=O) groups excluding carboxylic acids is 1. The summed E-state index contributed by atoms with van der Waals surface area (Å²) in [5.74, 6) is 4.22. The average molecular weight is 292 g/mol. The largest absolute Gasteiger partial charge is 0.404 e. The lowest BCUT2D eigenvalue weighted by Gasteiger charge is -2.09. The van der Waals surface area contributed by atoms with Gasteiger partial charge >= 0.3 is 5.82 Å². The molecule has 0 saturated heterocycles. The molecular formula is C7H10BrN5O3. The summed E-state index contributed by atoms with van der Waals surface area (Å²) >= 11 is 3.00. The summed E-state index contributed by atoms with van der Waals surface area (Å²) in [5, 5.41) is 14.3. The number of aromatic nitrogens is 2. The first-order chi connectivity index (χ1) is 7.51. The molecular weight excluding hydrogens is 282 g/mol. The predicted octanol–water partition coefficient (Wildman–Crippen LogP) is 0.495. The molecule has 0 bridgehead atoms. The van der Waals surface area contributed by atoms with Crippen molar-refractivity contribution < 1.29 is 9.72 Å². The van der Waals surface area contributed by atoms with E-state index >= 15 is 0 Å². The number of carbonyl (C=O) groups is 1. The third kappa shape index (κ3) is 2.36. The van der Waals surface area contributed by atoms with E-state index in [1.54, 1.807) is 6.92 Å². The highest BCUT2D eigenvalue weighted by atomic mass is 79.9. The topological polar surface area (TPSA) is 116 Å². The summed E-state index contributed by atoms with van der Waals surface area (Å²) in [6, 6.07) is -0.657. The maximum absolute atomic E-state index is 11.4. The van der Waals surface area contributed by atoms with Gasteiger partial charge in [0.25, 0.3) is 5.91 Å². The zero-order valence-electron chi connectivity index (χ0n) is 8.38. The highest BCUT2D eigenvalue weighted by Gasteiger charge is 2.26. The Morgan fingerprint density at radius 1 is 1.88 bits per heavy atom. The van der Waals surface area contributed by atoms with Gasteiger partial charge in [-0.1, -0.05) is 6.92 Å². The van der Waals surface area contributed by atoms with E-state index in [0.717, 1.165) is 0 Å². The lowest BCUT2D eigenvalue weighted by molar-refractivity contribution is -0.390. The van der Waals surface area contributed by atoms with E-state index in [1.165, 1.54) is 10.9 Å². The van der Waals surface area contributed by atoms with Crippen molar-refractivity contribution in [3.8, 4) is 0 Å². The van der Waals surface area contributed by atoms with Crippen LogP contribution in [-0.4, -0.2) is 20.6 Å². The van der Waals surface area contributed by atoms with Crippen LogP contribution in [0.4, 0.5) is 5.82 Å². The van der Waals surface area contributed by atoms with Crippen molar-refractivity contribution in [1.29, 1.82) is 0 Å².